The summed E-state index contributed by atoms with van der Waals surface area (Å²) in [4.78, 5) is 16.3. The van der Waals surface area contributed by atoms with Crippen molar-refractivity contribution in [2.24, 2.45) is 0 Å². The van der Waals surface area contributed by atoms with Gasteiger partial charge in [-0.25, -0.2) is 4.98 Å². The third-order valence-electron chi connectivity index (χ3n) is 3.98. The molecule has 2 heterocycles. The molecule has 0 bridgehead atoms. The van der Waals surface area contributed by atoms with E-state index >= 15 is 0 Å². The van der Waals surface area contributed by atoms with Crippen LogP contribution in [-0.2, 0) is 16.1 Å². The number of hydrogen-bond acceptors (Lipinski definition) is 6. The largest absolute Gasteiger partial charge is 0.497 e. The second kappa shape index (κ2) is 12.4. The summed E-state index contributed by atoms with van der Waals surface area (Å²) in [5.74, 6) is 1.85. The van der Waals surface area contributed by atoms with Crippen molar-refractivity contribution in [3.63, 3.8) is 0 Å². The van der Waals surface area contributed by atoms with Gasteiger partial charge in [0.15, 0.2) is 0 Å². The first-order chi connectivity index (χ1) is 12.7. The zero-order chi connectivity index (χ0) is 18.2. The van der Waals surface area contributed by atoms with Crippen molar-refractivity contribution in [1.82, 2.24) is 15.6 Å². The van der Waals surface area contributed by atoms with Crippen LogP contribution in [0.3, 0.4) is 0 Å². The average Bonchev–Trinajstić information content (AvgIpc) is 2.68. The van der Waals surface area contributed by atoms with Crippen LogP contribution in [0.1, 0.15) is 12.0 Å². The SMILES string of the molecule is COc1cccc(Oc2ccc(CNC(=O)CC3COCCN3)cn2)c1.Cl.Cl. The molecule has 154 valence electrons. The van der Waals surface area contributed by atoms with E-state index in [9.17, 15) is 4.79 Å². The van der Waals surface area contributed by atoms with Crippen LogP contribution in [-0.4, -0.2) is 43.8 Å². The Morgan fingerprint density at radius 3 is 2.79 bits per heavy atom. The Morgan fingerprint density at radius 1 is 1.29 bits per heavy atom. The predicted octanol–water partition coefficient (Wildman–Crippen LogP) is 2.72. The van der Waals surface area contributed by atoms with Crippen molar-refractivity contribution in [3.8, 4) is 17.4 Å². The standard InChI is InChI=1S/C19H23N3O4.2ClH/c1-24-16-3-2-4-17(10-16)26-19-6-5-14(12-22-19)11-21-18(23)9-15-13-25-8-7-20-15;;/h2-6,10,12,15,20H,7-9,11,13H2,1H3,(H,21,23);2*1H. The Bertz CT molecular complexity index is 725. The van der Waals surface area contributed by atoms with Gasteiger partial charge in [0.2, 0.25) is 11.8 Å². The molecule has 0 spiro atoms. The molecule has 28 heavy (non-hydrogen) atoms. The summed E-state index contributed by atoms with van der Waals surface area (Å²) in [6, 6.07) is 11.1. The van der Waals surface area contributed by atoms with E-state index in [1.807, 2.05) is 24.3 Å². The van der Waals surface area contributed by atoms with E-state index in [2.05, 4.69) is 15.6 Å². The molecule has 0 aliphatic carbocycles. The zero-order valence-electron chi connectivity index (χ0n) is 15.6. The second-order valence-corrected chi connectivity index (χ2v) is 5.99. The summed E-state index contributed by atoms with van der Waals surface area (Å²) < 4.78 is 16.2. The Labute approximate surface area is 177 Å². The van der Waals surface area contributed by atoms with E-state index < -0.39 is 0 Å². The van der Waals surface area contributed by atoms with Crippen LogP contribution < -0.4 is 20.1 Å². The molecular weight excluding hydrogens is 405 g/mol. The number of rotatable bonds is 7. The second-order valence-electron chi connectivity index (χ2n) is 5.99. The number of morpholine rings is 1. The van der Waals surface area contributed by atoms with Crippen molar-refractivity contribution < 1.29 is 19.0 Å². The van der Waals surface area contributed by atoms with Gasteiger partial charge in [-0.15, -0.1) is 24.8 Å². The van der Waals surface area contributed by atoms with Gasteiger partial charge in [-0.3, -0.25) is 4.79 Å². The van der Waals surface area contributed by atoms with Gasteiger partial charge < -0.3 is 24.8 Å². The molecule has 2 N–H and O–H groups in total. The lowest BCUT2D eigenvalue weighted by atomic mass is 10.2. The molecule has 1 atom stereocenters. The Kier molecular flexibility index (Phi) is 10.6. The van der Waals surface area contributed by atoms with Gasteiger partial charge in [-0.1, -0.05) is 12.1 Å². The summed E-state index contributed by atoms with van der Waals surface area (Å²) in [7, 11) is 1.61. The minimum Gasteiger partial charge on any atom is -0.497 e. The van der Waals surface area contributed by atoms with Gasteiger partial charge in [-0.05, 0) is 17.7 Å². The third-order valence-corrected chi connectivity index (χ3v) is 3.98. The van der Waals surface area contributed by atoms with Crippen molar-refractivity contribution in [2.75, 3.05) is 26.9 Å². The maximum Gasteiger partial charge on any atom is 0.221 e. The van der Waals surface area contributed by atoms with Gasteiger partial charge in [0.1, 0.15) is 11.5 Å². The zero-order valence-corrected chi connectivity index (χ0v) is 17.2. The maximum atomic E-state index is 12.0. The molecule has 1 aliphatic heterocycles. The first-order valence-corrected chi connectivity index (χ1v) is 8.57. The average molecular weight is 430 g/mol. The van der Waals surface area contributed by atoms with Crippen LogP contribution in [0.25, 0.3) is 0 Å². The number of pyridine rings is 1. The summed E-state index contributed by atoms with van der Waals surface area (Å²) in [6.45, 7) is 2.49. The van der Waals surface area contributed by atoms with E-state index in [0.29, 0.717) is 37.8 Å². The molecule has 1 aliphatic rings. The van der Waals surface area contributed by atoms with Gasteiger partial charge >= 0.3 is 0 Å². The van der Waals surface area contributed by atoms with Gasteiger partial charge in [0, 0.05) is 43.9 Å². The van der Waals surface area contributed by atoms with Gasteiger partial charge in [0.25, 0.3) is 0 Å². The van der Waals surface area contributed by atoms with E-state index in [1.165, 1.54) is 0 Å². The predicted molar refractivity (Wildman–Crippen MR) is 111 cm³/mol. The molecule has 1 aromatic carbocycles. The highest BCUT2D eigenvalue weighted by Gasteiger charge is 2.16. The number of hydrogen-bond donors (Lipinski definition) is 2. The smallest absolute Gasteiger partial charge is 0.221 e. The number of carbonyl (C=O) groups excluding carboxylic acids is 1. The Hall–Kier alpha value is -2.06. The highest BCUT2D eigenvalue weighted by Crippen LogP contribution is 2.23. The summed E-state index contributed by atoms with van der Waals surface area (Å²) in [5.41, 5.74) is 0.907. The number of ether oxygens (including phenoxy) is 3. The van der Waals surface area contributed by atoms with E-state index in [-0.39, 0.29) is 36.8 Å². The van der Waals surface area contributed by atoms with Crippen LogP contribution >= 0.6 is 24.8 Å². The maximum absolute atomic E-state index is 12.0. The fraction of sp³-hybridized carbons (Fsp3) is 0.368. The van der Waals surface area contributed by atoms with Crippen LogP contribution in [0, 0.1) is 0 Å². The van der Waals surface area contributed by atoms with Crippen LogP contribution in [0.2, 0.25) is 0 Å². The lowest BCUT2D eigenvalue weighted by Gasteiger charge is -2.23. The fourth-order valence-electron chi connectivity index (χ4n) is 2.61. The fourth-order valence-corrected chi connectivity index (χ4v) is 2.61. The number of nitrogens with zero attached hydrogens (tertiary/aromatic N) is 1. The molecule has 0 saturated carbocycles. The Morgan fingerprint density at radius 2 is 2.11 bits per heavy atom. The number of aromatic nitrogens is 1. The number of carbonyl (C=O) groups is 1. The van der Waals surface area contributed by atoms with Crippen LogP contribution in [0.15, 0.2) is 42.6 Å². The molecule has 1 amide bonds. The summed E-state index contributed by atoms with van der Waals surface area (Å²) in [5, 5.41) is 6.16. The van der Waals surface area contributed by atoms with Crippen LogP contribution in [0.4, 0.5) is 0 Å². The first kappa shape index (κ1) is 24.0. The molecule has 9 heteroatoms. The summed E-state index contributed by atoms with van der Waals surface area (Å²) in [6.07, 6.45) is 2.10. The van der Waals surface area contributed by atoms with Crippen molar-refractivity contribution in [1.29, 1.82) is 0 Å². The molecule has 3 rings (SSSR count). The third kappa shape index (κ3) is 7.52. The molecule has 1 fully saturated rings. The quantitative estimate of drug-likeness (QED) is 0.703. The van der Waals surface area contributed by atoms with E-state index in [0.717, 1.165) is 17.9 Å². The monoisotopic (exact) mass is 429 g/mol. The van der Waals surface area contributed by atoms with Gasteiger partial charge in [-0.2, -0.15) is 0 Å². The van der Waals surface area contributed by atoms with E-state index in [1.54, 1.807) is 25.4 Å². The lowest BCUT2D eigenvalue weighted by molar-refractivity contribution is -0.122. The Balaban J connectivity index is 0.00000196. The van der Waals surface area contributed by atoms with Crippen molar-refractivity contribution in [3.05, 3.63) is 48.2 Å². The molecule has 1 unspecified atom stereocenters. The molecule has 7 nitrogen and oxygen atoms in total. The lowest BCUT2D eigenvalue weighted by Crippen LogP contribution is -2.44. The van der Waals surface area contributed by atoms with E-state index in [4.69, 9.17) is 14.2 Å². The number of halogens is 2. The summed E-state index contributed by atoms with van der Waals surface area (Å²) >= 11 is 0. The molecular formula is C19H25Cl2N3O4. The highest BCUT2D eigenvalue weighted by atomic mass is 35.5. The molecule has 1 aromatic heterocycles. The normalized spacial score (nSPS) is 15.5. The van der Waals surface area contributed by atoms with Crippen LogP contribution in [0.5, 0.6) is 17.4 Å². The topological polar surface area (TPSA) is 81.7 Å². The van der Waals surface area contributed by atoms with Gasteiger partial charge in [0.05, 0.1) is 20.3 Å². The highest BCUT2D eigenvalue weighted by molar-refractivity contribution is 5.85. The van der Waals surface area contributed by atoms with Crippen molar-refractivity contribution in [2.45, 2.75) is 19.0 Å². The first-order valence-electron chi connectivity index (χ1n) is 8.57. The molecule has 2 aromatic rings. The van der Waals surface area contributed by atoms with Crippen molar-refractivity contribution >= 4 is 30.7 Å². The number of benzene rings is 1. The number of amides is 1. The number of methoxy groups -OCH3 is 1. The number of nitrogens with one attached hydrogen (secondary N) is 2. The molecule has 0 radical (unpaired) electrons. The minimum atomic E-state index is -0.00953. The minimum absolute atomic E-state index is 0. The molecule has 1 saturated heterocycles.